The summed E-state index contributed by atoms with van der Waals surface area (Å²) in [6.45, 7) is 6.00. The molecule has 1 aliphatic heterocycles. The van der Waals surface area contributed by atoms with Crippen molar-refractivity contribution in [3.05, 3.63) is 65.1 Å². The third-order valence-electron chi connectivity index (χ3n) is 5.35. The minimum atomic E-state index is -0.341. The number of benzene rings is 1. The molecule has 156 valence electrons. The van der Waals surface area contributed by atoms with Gasteiger partial charge in [0.2, 0.25) is 0 Å². The van der Waals surface area contributed by atoms with Crippen molar-refractivity contribution in [2.45, 2.75) is 33.4 Å². The molecule has 7 nitrogen and oxygen atoms in total. The monoisotopic (exact) mass is 407 g/mol. The number of amides is 1. The lowest BCUT2D eigenvalue weighted by Gasteiger charge is -2.27. The Labute approximate surface area is 175 Å². The average Bonchev–Trinajstić information content (AvgIpc) is 3.07. The molecule has 30 heavy (non-hydrogen) atoms. The number of aromatic nitrogens is 2. The second-order valence-electron chi connectivity index (χ2n) is 7.20. The lowest BCUT2D eigenvalue weighted by Crippen LogP contribution is -2.36. The molecule has 0 radical (unpaired) electrons. The molecule has 1 amide bonds. The molecule has 3 aromatic rings. The van der Waals surface area contributed by atoms with Crippen LogP contribution in [0.25, 0.3) is 10.9 Å². The van der Waals surface area contributed by atoms with E-state index in [-0.39, 0.29) is 12.1 Å². The van der Waals surface area contributed by atoms with Gasteiger partial charge in [0, 0.05) is 54.1 Å². The predicted molar refractivity (Wildman–Crippen MR) is 112 cm³/mol. The fraction of sp³-hybridized carbons (Fsp3) is 0.348. The Bertz CT molecular complexity index is 1070. The Hall–Kier alpha value is -3.35. The van der Waals surface area contributed by atoms with Gasteiger partial charge in [-0.05, 0) is 43.7 Å². The first-order chi connectivity index (χ1) is 14.6. The number of pyridine rings is 1. The van der Waals surface area contributed by atoms with E-state index in [9.17, 15) is 9.59 Å². The van der Waals surface area contributed by atoms with E-state index in [1.807, 2.05) is 30.5 Å². The molecule has 0 saturated heterocycles. The predicted octanol–water partition coefficient (Wildman–Crippen LogP) is 3.78. The van der Waals surface area contributed by atoms with Crippen LogP contribution in [-0.4, -0.2) is 46.3 Å². The van der Waals surface area contributed by atoms with E-state index in [1.165, 1.54) is 5.69 Å². The van der Waals surface area contributed by atoms with Gasteiger partial charge in [-0.15, -0.1) is 0 Å². The fourth-order valence-electron chi connectivity index (χ4n) is 4.02. The summed E-state index contributed by atoms with van der Waals surface area (Å²) in [4.78, 5) is 30.6. The highest BCUT2D eigenvalue weighted by atomic mass is 16.6. The molecule has 1 aliphatic rings. The van der Waals surface area contributed by atoms with Gasteiger partial charge >= 0.3 is 12.1 Å². The Kier molecular flexibility index (Phi) is 5.70. The lowest BCUT2D eigenvalue weighted by atomic mass is 10.0. The van der Waals surface area contributed by atoms with Crippen LogP contribution in [0.15, 0.2) is 42.7 Å². The zero-order chi connectivity index (χ0) is 21.1. The van der Waals surface area contributed by atoms with Crippen LogP contribution in [0.1, 0.15) is 41.0 Å². The molecule has 3 heterocycles. The number of carbonyl (C=O) groups is 2. The van der Waals surface area contributed by atoms with Gasteiger partial charge < -0.3 is 18.9 Å². The molecule has 0 aliphatic carbocycles. The molecule has 1 aromatic carbocycles. The molecule has 0 fully saturated rings. The largest absolute Gasteiger partial charge is 0.462 e. The van der Waals surface area contributed by atoms with Crippen LogP contribution in [0.3, 0.4) is 0 Å². The number of nitrogens with zero attached hydrogens (tertiary/aromatic N) is 3. The van der Waals surface area contributed by atoms with Crippen molar-refractivity contribution in [3.8, 4) is 0 Å². The lowest BCUT2D eigenvalue weighted by molar-refractivity contribution is 0.0526. The third kappa shape index (κ3) is 3.75. The molecule has 0 bridgehead atoms. The van der Waals surface area contributed by atoms with E-state index in [1.54, 1.807) is 31.0 Å². The third-order valence-corrected chi connectivity index (χ3v) is 5.35. The van der Waals surface area contributed by atoms with E-state index in [0.717, 1.165) is 28.5 Å². The van der Waals surface area contributed by atoms with Crippen LogP contribution in [-0.2, 0) is 29.0 Å². The molecular formula is C23H25N3O4. The molecule has 0 atom stereocenters. The maximum absolute atomic E-state index is 12.3. The summed E-state index contributed by atoms with van der Waals surface area (Å²) in [6.07, 6.45) is 4.03. The van der Waals surface area contributed by atoms with E-state index in [4.69, 9.17) is 9.47 Å². The molecule has 4 rings (SSSR count). The minimum Gasteiger partial charge on any atom is -0.462 e. The zero-order valence-electron chi connectivity index (χ0n) is 17.3. The normalized spacial score (nSPS) is 13.2. The van der Waals surface area contributed by atoms with E-state index < -0.39 is 0 Å². The molecule has 0 unspecified atom stereocenters. The number of hydrogen-bond donors (Lipinski definition) is 0. The summed E-state index contributed by atoms with van der Waals surface area (Å²) in [6, 6.07) is 9.61. The molecule has 0 saturated carbocycles. The number of ether oxygens (including phenoxy) is 2. The number of hydrogen-bond acceptors (Lipinski definition) is 5. The smallest absolute Gasteiger partial charge is 0.410 e. The first-order valence-electron chi connectivity index (χ1n) is 10.2. The Balaban J connectivity index is 1.80. The minimum absolute atomic E-state index is 0.308. The van der Waals surface area contributed by atoms with Gasteiger partial charge in [0.25, 0.3) is 0 Å². The molecular weight excluding hydrogens is 382 g/mol. The molecule has 0 N–H and O–H groups in total. The quantitative estimate of drug-likeness (QED) is 0.602. The topological polar surface area (TPSA) is 73.7 Å². The fourth-order valence-corrected chi connectivity index (χ4v) is 4.02. The standard InChI is InChI=1S/C23H25N3O4/c1-3-29-22(27)17-7-8-20-18(12-17)19-15-25(23(28)30-4-2)11-9-21(19)26(20)14-16-6-5-10-24-13-16/h5-8,10,12-13H,3-4,9,11,14-15H2,1-2H3. The van der Waals surface area contributed by atoms with E-state index in [2.05, 4.69) is 9.55 Å². The van der Waals surface area contributed by atoms with Gasteiger partial charge in [-0.25, -0.2) is 9.59 Å². The average molecular weight is 407 g/mol. The first-order valence-corrected chi connectivity index (χ1v) is 10.2. The molecule has 7 heteroatoms. The van der Waals surface area contributed by atoms with Crippen molar-refractivity contribution < 1.29 is 19.1 Å². The Morgan fingerprint density at radius 2 is 1.97 bits per heavy atom. The van der Waals surface area contributed by atoms with Gasteiger partial charge in [-0.3, -0.25) is 4.98 Å². The summed E-state index contributed by atoms with van der Waals surface area (Å²) >= 11 is 0. The highest BCUT2D eigenvalue weighted by Gasteiger charge is 2.28. The van der Waals surface area contributed by atoms with Gasteiger partial charge in [0.15, 0.2) is 0 Å². The summed E-state index contributed by atoms with van der Waals surface area (Å²) in [5, 5.41) is 0.966. The number of fused-ring (bicyclic) bond motifs is 3. The van der Waals surface area contributed by atoms with Crippen molar-refractivity contribution in [2.24, 2.45) is 0 Å². The maximum atomic E-state index is 12.3. The van der Waals surface area contributed by atoms with Crippen molar-refractivity contribution in [3.63, 3.8) is 0 Å². The highest BCUT2D eigenvalue weighted by Crippen LogP contribution is 2.33. The summed E-state index contributed by atoms with van der Waals surface area (Å²) in [7, 11) is 0. The first kappa shape index (κ1) is 19.9. The van der Waals surface area contributed by atoms with Crippen LogP contribution in [0.5, 0.6) is 0 Å². The zero-order valence-corrected chi connectivity index (χ0v) is 17.3. The van der Waals surface area contributed by atoms with Crippen molar-refractivity contribution >= 4 is 23.0 Å². The number of esters is 1. The summed E-state index contributed by atoms with van der Waals surface area (Å²) in [5.74, 6) is -0.341. The van der Waals surface area contributed by atoms with E-state index >= 15 is 0 Å². The SMILES string of the molecule is CCOC(=O)c1ccc2c(c1)c1c(n2Cc2cccnc2)CCN(C(=O)OCC)C1. The van der Waals surface area contributed by atoms with Gasteiger partial charge in [0.1, 0.15) is 0 Å². The van der Waals surface area contributed by atoms with Crippen molar-refractivity contribution in [1.82, 2.24) is 14.5 Å². The Morgan fingerprint density at radius 1 is 1.13 bits per heavy atom. The van der Waals surface area contributed by atoms with Gasteiger partial charge in [-0.1, -0.05) is 6.07 Å². The molecule has 0 spiro atoms. The number of rotatable bonds is 5. The summed E-state index contributed by atoms with van der Waals surface area (Å²) < 4.78 is 12.6. The van der Waals surface area contributed by atoms with Crippen LogP contribution in [0, 0.1) is 0 Å². The van der Waals surface area contributed by atoms with Gasteiger partial charge in [0.05, 0.1) is 25.3 Å². The highest BCUT2D eigenvalue weighted by molar-refractivity contribution is 5.96. The maximum Gasteiger partial charge on any atom is 0.410 e. The summed E-state index contributed by atoms with van der Waals surface area (Å²) in [5.41, 5.74) is 4.87. The van der Waals surface area contributed by atoms with Crippen LogP contribution in [0.4, 0.5) is 4.79 Å². The second kappa shape index (κ2) is 8.57. The van der Waals surface area contributed by atoms with Crippen molar-refractivity contribution in [1.29, 1.82) is 0 Å². The second-order valence-corrected chi connectivity index (χ2v) is 7.20. The number of carbonyl (C=O) groups excluding carboxylic acids is 2. The molecule has 2 aromatic heterocycles. The van der Waals surface area contributed by atoms with E-state index in [0.29, 0.717) is 38.4 Å². The van der Waals surface area contributed by atoms with Crippen LogP contribution in [0.2, 0.25) is 0 Å². The Morgan fingerprint density at radius 3 is 2.70 bits per heavy atom. The van der Waals surface area contributed by atoms with Crippen molar-refractivity contribution in [2.75, 3.05) is 19.8 Å². The van der Waals surface area contributed by atoms with Crippen LogP contribution < -0.4 is 0 Å². The van der Waals surface area contributed by atoms with Gasteiger partial charge in [-0.2, -0.15) is 0 Å². The van der Waals surface area contributed by atoms with Crippen LogP contribution >= 0.6 is 0 Å².